The van der Waals surface area contributed by atoms with Crippen molar-refractivity contribution in [3.05, 3.63) is 35.4 Å². The van der Waals surface area contributed by atoms with E-state index in [1.807, 2.05) is 24.3 Å². The standard InChI is InChI=1S/C21H31N3O2/c25-20-10-11-23(15-20)14-16-4-6-17(7-5-16)21(26)22-18-8-12-24(13-9-18)19-2-1-3-19/h4-7,18-20,25H,1-3,8-15H2,(H,22,26)/t20-/m1/s1. The van der Waals surface area contributed by atoms with Crippen molar-refractivity contribution in [1.82, 2.24) is 15.1 Å². The molecular weight excluding hydrogens is 326 g/mol. The first-order valence-electron chi connectivity index (χ1n) is 10.2. The Hall–Kier alpha value is -1.43. The lowest BCUT2D eigenvalue weighted by molar-refractivity contribution is 0.0800. The number of rotatable bonds is 5. The topological polar surface area (TPSA) is 55.8 Å². The van der Waals surface area contributed by atoms with Crippen molar-refractivity contribution in [3.63, 3.8) is 0 Å². The zero-order chi connectivity index (χ0) is 17.9. The number of aliphatic hydroxyl groups is 1. The van der Waals surface area contributed by atoms with Gasteiger partial charge in [0.25, 0.3) is 5.91 Å². The average molecular weight is 357 g/mol. The summed E-state index contributed by atoms with van der Waals surface area (Å²) in [5.41, 5.74) is 1.95. The summed E-state index contributed by atoms with van der Waals surface area (Å²) in [5, 5.41) is 12.8. The van der Waals surface area contributed by atoms with E-state index in [-0.39, 0.29) is 12.0 Å². The highest BCUT2D eigenvalue weighted by Gasteiger charge is 2.29. The Morgan fingerprint density at radius 1 is 1.04 bits per heavy atom. The third-order valence-electron chi connectivity index (χ3n) is 6.33. The number of nitrogens with zero attached hydrogens (tertiary/aromatic N) is 2. The highest BCUT2D eigenvalue weighted by atomic mass is 16.3. The summed E-state index contributed by atoms with van der Waals surface area (Å²) in [6, 6.07) is 9.07. The molecule has 1 aromatic carbocycles. The molecular formula is C21H31N3O2. The van der Waals surface area contributed by atoms with Gasteiger partial charge in [-0.3, -0.25) is 9.69 Å². The number of aliphatic hydroxyl groups excluding tert-OH is 1. The van der Waals surface area contributed by atoms with Gasteiger partial charge in [-0.05, 0) is 49.8 Å². The van der Waals surface area contributed by atoms with Crippen LogP contribution in [0.2, 0.25) is 0 Å². The molecule has 2 saturated heterocycles. The Balaban J connectivity index is 1.24. The highest BCUT2D eigenvalue weighted by molar-refractivity contribution is 5.94. The van der Waals surface area contributed by atoms with Crippen LogP contribution in [0.25, 0.3) is 0 Å². The largest absolute Gasteiger partial charge is 0.392 e. The van der Waals surface area contributed by atoms with Crippen molar-refractivity contribution in [1.29, 1.82) is 0 Å². The molecule has 1 atom stereocenters. The number of hydrogen-bond acceptors (Lipinski definition) is 4. The van der Waals surface area contributed by atoms with Gasteiger partial charge in [-0.15, -0.1) is 0 Å². The SMILES string of the molecule is O=C(NC1CCN(C2CCC2)CC1)c1ccc(CN2CC[C@@H](O)C2)cc1. The van der Waals surface area contributed by atoms with Crippen LogP contribution in [-0.2, 0) is 6.54 Å². The maximum Gasteiger partial charge on any atom is 0.251 e. The van der Waals surface area contributed by atoms with Crippen LogP contribution in [0.15, 0.2) is 24.3 Å². The summed E-state index contributed by atoms with van der Waals surface area (Å²) in [6.45, 7) is 4.79. The lowest BCUT2D eigenvalue weighted by Crippen LogP contribution is -2.49. The molecule has 0 spiro atoms. The maximum absolute atomic E-state index is 12.5. The molecule has 1 amide bonds. The number of carbonyl (C=O) groups excluding carboxylic acids is 1. The molecule has 1 aliphatic carbocycles. The summed E-state index contributed by atoms with van der Waals surface area (Å²) in [7, 11) is 0. The summed E-state index contributed by atoms with van der Waals surface area (Å²) in [6.07, 6.45) is 6.92. The van der Waals surface area contributed by atoms with Gasteiger partial charge in [0.2, 0.25) is 0 Å². The van der Waals surface area contributed by atoms with Crippen molar-refractivity contribution < 1.29 is 9.90 Å². The summed E-state index contributed by atoms with van der Waals surface area (Å²) in [5.74, 6) is 0.0511. The summed E-state index contributed by atoms with van der Waals surface area (Å²) in [4.78, 5) is 17.4. The predicted octanol–water partition coefficient (Wildman–Crippen LogP) is 2.00. The Bertz CT molecular complexity index is 606. The third kappa shape index (κ3) is 4.27. The molecule has 0 aromatic heterocycles. The second-order valence-electron chi connectivity index (χ2n) is 8.24. The summed E-state index contributed by atoms with van der Waals surface area (Å²) >= 11 is 0. The van der Waals surface area contributed by atoms with Gasteiger partial charge >= 0.3 is 0 Å². The van der Waals surface area contributed by atoms with E-state index in [1.54, 1.807) is 0 Å². The minimum Gasteiger partial charge on any atom is -0.392 e. The second kappa shape index (κ2) is 8.07. The molecule has 1 aromatic rings. The van der Waals surface area contributed by atoms with Crippen molar-refractivity contribution in [2.45, 2.75) is 63.3 Å². The Kier molecular flexibility index (Phi) is 5.57. The normalized spacial score (nSPS) is 26.0. The molecule has 3 fully saturated rings. The first-order chi connectivity index (χ1) is 12.7. The van der Waals surface area contributed by atoms with E-state index in [0.29, 0.717) is 6.04 Å². The fourth-order valence-corrected chi connectivity index (χ4v) is 4.41. The number of carbonyl (C=O) groups is 1. The van der Waals surface area contributed by atoms with Crippen molar-refractivity contribution in [2.24, 2.45) is 0 Å². The second-order valence-corrected chi connectivity index (χ2v) is 8.24. The first kappa shape index (κ1) is 18.0. The number of benzene rings is 1. The molecule has 2 aliphatic heterocycles. The van der Waals surface area contributed by atoms with E-state index in [2.05, 4.69) is 15.1 Å². The van der Waals surface area contributed by atoms with Crippen molar-refractivity contribution in [3.8, 4) is 0 Å². The number of amides is 1. The van der Waals surface area contributed by atoms with Gasteiger partial charge in [-0.25, -0.2) is 0 Å². The summed E-state index contributed by atoms with van der Waals surface area (Å²) < 4.78 is 0. The Labute approximate surface area is 156 Å². The fourth-order valence-electron chi connectivity index (χ4n) is 4.41. The van der Waals surface area contributed by atoms with Crippen molar-refractivity contribution in [2.75, 3.05) is 26.2 Å². The first-order valence-corrected chi connectivity index (χ1v) is 10.2. The third-order valence-corrected chi connectivity index (χ3v) is 6.33. The van der Waals surface area contributed by atoms with Crippen LogP contribution >= 0.6 is 0 Å². The van der Waals surface area contributed by atoms with E-state index in [1.165, 1.54) is 24.8 Å². The quantitative estimate of drug-likeness (QED) is 0.846. The molecule has 0 radical (unpaired) electrons. The lowest BCUT2D eigenvalue weighted by atomic mass is 9.89. The van der Waals surface area contributed by atoms with Gasteiger partial charge in [0.1, 0.15) is 0 Å². The van der Waals surface area contributed by atoms with Gasteiger partial charge < -0.3 is 15.3 Å². The molecule has 5 nitrogen and oxygen atoms in total. The molecule has 2 N–H and O–H groups in total. The zero-order valence-electron chi connectivity index (χ0n) is 15.6. The molecule has 142 valence electrons. The lowest BCUT2D eigenvalue weighted by Gasteiger charge is -2.41. The molecule has 0 unspecified atom stereocenters. The monoisotopic (exact) mass is 357 g/mol. The van der Waals surface area contributed by atoms with Gasteiger partial charge in [0, 0.05) is 50.4 Å². The van der Waals surface area contributed by atoms with Crippen LogP contribution in [0.4, 0.5) is 0 Å². The Morgan fingerprint density at radius 2 is 1.77 bits per heavy atom. The molecule has 1 saturated carbocycles. The zero-order valence-corrected chi connectivity index (χ0v) is 15.6. The molecule has 26 heavy (non-hydrogen) atoms. The molecule has 0 bridgehead atoms. The fraction of sp³-hybridized carbons (Fsp3) is 0.667. The van der Waals surface area contributed by atoms with Gasteiger partial charge in [0.05, 0.1) is 6.10 Å². The smallest absolute Gasteiger partial charge is 0.251 e. The number of likely N-dealkylation sites (tertiary alicyclic amines) is 2. The molecule has 5 heteroatoms. The van der Waals surface area contributed by atoms with E-state index in [9.17, 15) is 9.90 Å². The average Bonchev–Trinajstić information content (AvgIpc) is 3.00. The molecule has 4 rings (SSSR count). The van der Waals surface area contributed by atoms with Crippen molar-refractivity contribution >= 4 is 5.91 Å². The highest BCUT2D eigenvalue weighted by Crippen LogP contribution is 2.27. The van der Waals surface area contributed by atoms with Crippen LogP contribution in [0.5, 0.6) is 0 Å². The van der Waals surface area contributed by atoms with Crippen LogP contribution in [-0.4, -0.2) is 65.2 Å². The van der Waals surface area contributed by atoms with E-state index in [4.69, 9.17) is 0 Å². The number of β-amino-alcohol motifs (C(OH)–C–C–N with tert-alkyl or cyclic N) is 1. The predicted molar refractivity (Wildman–Crippen MR) is 102 cm³/mol. The van der Waals surface area contributed by atoms with Crippen LogP contribution in [0.3, 0.4) is 0 Å². The van der Waals surface area contributed by atoms with Crippen LogP contribution in [0, 0.1) is 0 Å². The Morgan fingerprint density at radius 3 is 2.35 bits per heavy atom. The van der Waals surface area contributed by atoms with Gasteiger partial charge in [-0.1, -0.05) is 18.6 Å². The van der Waals surface area contributed by atoms with E-state index in [0.717, 1.165) is 63.6 Å². The minimum atomic E-state index is -0.184. The number of piperidine rings is 1. The number of hydrogen-bond donors (Lipinski definition) is 2. The van der Waals surface area contributed by atoms with Gasteiger partial charge in [0.15, 0.2) is 0 Å². The van der Waals surface area contributed by atoms with E-state index < -0.39 is 0 Å². The minimum absolute atomic E-state index is 0.0511. The number of nitrogens with one attached hydrogen (secondary N) is 1. The molecule has 3 aliphatic rings. The molecule has 2 heterocycles. The van der Waals surface area contributed by atoms with E-state index >= 15 is 0 Å². The maximum atomic E-state index is 12.5. The van der Waals surface area contributed by atoms with Crippen LogP contribution < -0.4 is 5.32 Å². The van der Waals surface area contributed by atoms with Gasteiger partial charge in [-0.2, -0.15) is 0 Å². The van der Waals surface area contributed by atoms with Crippen LogP contribution in [0.1, 0.15) is 54.4 Å².